The number of carbonyl (C=O) groups excluding carboxylic acids is 1. The van der Waals surface area contributed by atoms with Crippen molar-refractivity contribution in [3.8, 4) is 11.5 Å². The van der Waals surface area contributed by atoms with E-state index in [0.29, 0.717) is 29.2 Å². The minimum absolute atomic E-state index is 0.0975. The van der Waals surface area contributed by atoms with Crippen LogP contribution in [0.15, 0.2) is 60.7 Å². The van der Waals surface area contributed by atoms with Crippen molar-refractivity contribution < 1.29 is 22.7 Å². The van der Waals surface area contributed by atoms with Crippen LogP contribution in [0.5, 0.6) is 11.5 Å². The first-order chi connectivity index (χ1) is 13.9. The Hall–Kier alpha value is -3.06. The molecule has 1 N–H and O–H groups in total. The second kappa shape index (κ2) is 8.96. The van der Waals surface area contributed by atoms with Crippen molar-refractivity contribution in [3.63, 3.8) is 0 Å². The molecule has 0 unspecified atom stereocenters. The van der Waals surface area contributed by atoms with Gasteiger partial charge in [0.2, 0.25) is 10.0 Å². The zero-order chi connectivity index (χ0) is 20.9. The van der Waals surface area contributed by atoms with E-state index < -0.39 is 16.0 Å². The maximum atomic E-state index is 12.0. The second-order valence-corrected chi connectivity index (χ2v) is 8.39. The average Bonchev–Trinajstić information content (AvgIpc) is 2.73. The number of methoxy groups -OCH3 is 1. The SMILES string of the molecule is CCCCS(=O)(=O)Nc1ccc(Oc2cccc3c(C(=O)OC)cccc23)cc1. The van der Waals surface area contributed by atoms with Crippen molar-refractivity contribution in [1.29, 1.82) is 0 Å². The number of sulfonamides is 1. The van der Waals surface area contributed by atoms with Gasteiger partial charge in [0.25, 0.3) is 0 Å². The molecule has 152 valence electrons. The summed E-state index contributed by atoms with van der Waals surface area (Å²) in [5.41, 5.74) is 0.951. The number of anilines is 1. The summed E-state index contributed by atoms with van der Waals surface area (Å²) in [6.07, 6.45) is 1.43. The van der Waals surface area contributed by atoms with Crippen molar-refractivity contribution in [1.82, 2.24) is 0 Å². The predicted octanol–water partition coefficient (Wildman–Crippen LogP) is 4.96. The third kappa shape index (κ3) is 5.06. The number of rotatable bonds is 8. The summed E-state index contributed by atoms with van der Waals surface area (Å²) in [5, 5.41) is 1.51. The number of hydrogen-bond donors (Lipinski definition) is 1. The van der Waals surface area contributed by atoms with Gasteiger partial charge in [0.05, 0.1) is 18.4 Å². The van der Waals surface area contributed by atoms with Gasteiger partial charge in [-0.05, 0) is 48.2 Å². The van der Waals surface area contributed by atoms with E-state index in [0.717, 1.165) is 17.2 Å². The maximum absolute atomic E-state index is 12.0. The van der Waals surface area contributed by atoms with Crippen LogP contribution in [0.2, 0.25) is 0 Å². The lowest BCUT2D eigenvalue weighted by atomic mass is 10.0. The van der Waals surface area contributed by atoms with Gasteiger partial charge in [-0.3, -0.25) is 4.72 Å². The Bertz CT molecular complexity index is 1110. The average molecular weight is 413 g/mol. The van der Waals surface area contributed by atoms with Crippen LogP contribution < -0.4 is 9.46 Å². The molecule has 7 heteroatoms. The van der Waals surface area contributed by atoms with Crippen LogP contribution in [0.3, 0.4) is 0 Å². The summed E-state index contributed by atoms with van der Waals surface area (Å²) in [5.74, 6) is 0.828. The molecule has 3 aromatic carbocycles. The van der Waals surface area contributed by atoms with E-state index in [2.05, 4.69) is 4.72 Å². The molecule has 3 aromatic rings. The molecule has 0 radical (unpaired) electrons. The minimum atomic E-state index is -3.35. The topological polar surface area (TPSA) is 81.7 Å². The summed E-state index contributed by atoms with van der Waals surface area (Å²) >= 11 is 0. The molecule has 0 saturated heterocycles. The van der Waals surface area contributed by atoms with E-state index in [9.17, 15) is 13.2 Å². The zero-order valence-electron chi connectivity index (χ0n) is 16.3. The molecule has 0 saturated carbocycles. The van der Waals surface area contributed by atoms with Crippen LogP contribution in [0, 0.1) is 0 Å². The van der Waals surface area contributed by atoms with Gasteiger partial charge in [-0.15, -0.1) is 0 Å². The molecule has 6 nitrogen and oxygen atoms in total. The summed E-state index contributed by atoms with van der Waals surface area (Å²) in [4.78, 5) is 12.0. The number of benzene rings is 3. The lowest BCUT2D eigenvalue weighted by molar-refractivity contribution is 0.0603. The van der Waals surface area contributed by atoms with Gasteiger partial charge in [0.1, 0.15) is 11.5 Å². The Morgan fingerprint density at radius 3 is 2.34 bits per heavy atom. The van der Waals surface area contributed by atoms with Crippen LogP contribution in [-0.2, 0) is 14.8 Å². The summed E-state index contributed by atoms with van der Waals surface area (Å²) in [6.45, 7) is 1.95. The number of carbonyl (C=O) groups is 1. The van der Waals surface area contributed by atoms with Gasteiger partial charge in [-0.25, -0.2) is 13.2 Å². The maximum Gasteiger partial charge on any atom is 0.338 e. The van der Waals surface area contributed by atoms with Crippen molar-refractivity contribution in [2.75, 3.05) is 17.6 Å². The number of unbranched alkanes of at least 4 members (excludes halogenated alkanes) is 1. The molecule has 0 heterocycles. The first-order valence-electron chi connectivity index (χ1n) is 9.32. The number of ether oxygens (including phenoxy) is 2. The van der Waals surface area contributed by atoms with Crippen LogP contribution >= 0.6 is 0 Å². The molecular formula is C22H23NO5S. The van der Waals surface area contributed by atoms with Crippen molar-refractivity contribution >= 4 is 32.5 Å². The molecule has 29 heavy (non-hydrogen) atoms. The van der Waals surface area contributed by atoms with E-state index in [1.54, 1.807) is 42.5 Å². The Morgan fingerprint density at radius 1 is 0.966 bits per heavy atom. The van der Waals surface area contributed by atoms with Crippen molar-refractivity contribution in [2.45, 2.75) is 19.8 Å². The lowest BCUT2D eigenvalue weighted by Gasteiger charge is -2.12. The monoisotopic (exact) mass is 413 g/mol. The highest BCUT2D eigenvalue weighted by Gasteiger charge is 2.13. The van der Waals surface area contributed by atoms with E-state index in [1.807, 2.05) is 25.1 Å². The molecular weight excluding hydrogens is 390 g/mol. The number of nitrogens with one attached hydrogen (secondary N) is 1. The fourth-order valence-electron chi connectivity index (χ4n) is 2.94. The number of hydrogen-bond acceptors (Lipinski definition) is 5. The third-order valence-corrected chi connectivity index (χ3v) is 5.78. The molecule has 3 rings (SSSR count). The number of fused-ring (bicyclic) bond motifs is 1. The Balaban J connectivity index is 1.82. The fraction of sp³-hybridized carbons (Fsp3) is 0.227. The molecule has 0 spiro atoms. The Labute approximate surface area is 170 Å². The highest BCUT2D eigenvalue weighted by atomic mass is 32.2. The molecule has 0 atom stereocenters. The fourth-order valence-corrected chi connectivity index (χ4v) is 4.21. The van der Waals surface area contributed by atoms with Gasteiger partial charge >= 0.3 is 5.97 Å². The summed E-state index contributed by atoms with van der Waals surface area (Å²) in [6, 6.07) is 17.5. The van der Waals surface area contributed by atoms with E-state index in [1.165, 1.54) is 7.11 Å². The third-order valence-electron chi connectivity index (χ3n) is 4.41. The Morgan fingerprint density at radius 2 is 1.66 bits per heavy atom. The predicted molar refractivity (Wildman–Crippen MR) is 114 cm³/mol. The van der Waals surface area contributed by atoms with Gasteiger partial charge in [0, 0.05) is 11.1 Å². The van der Waals surface area contributed by atoms with Crippen LogP contribution in [0.25, 0.3) is 10.8 Å². The normalized spacial score (nSPS) is 11.2. The van der Waals surface area contributed by atoms with Crippen molar-refractivity contribution in [3.05, 3.63) is 66.2 Å². The molecule has 0 aliphatic carbocycles. The van der Waals surface area contributed by atoms with Crippen LogP contribution in [-0.4, -0.2) is 27.2 Å². The Kier molecular flexibility index (Phi) is 6.39. The first-order valence-corrected chi connectivity index (χ1v) is 11.0. The largest absolute Gasteiger partial charge is 0.465 e. The smallest absolute Gasteiger partial charge is 0.338 e. The van der Waals surface area contributed by atoms with Gasteiger partial charge in [0.15, 0.2) is 0 Å². The standard InChI is InChI=1S/C22H23NO5S/c1-3-4-15-29(25,26)23-16-11-13-17(14-12-16)28-21-10-6-7-18-19(21)8-5-9-20(18)22(24)27-2/h5-14,23H,3-4,15H2,1-2H3. The van der Waals surface area contributed by atoms with Crippen molar-refractivity contribution in [2.24, 2.45) is 0 Å². The van der Waals surface area contributed by atoms with E-state index in [4.69, 9.17) is 9.47 Å². The van der Waals surface area contributed by atoms with E-state index in [-0.39, 0.29) is 5.75 Å². The van der Waals surface area contributed by atoms with Crippen LogP contribution in [0.1, 0.15) is 30.1 Å². The molecule has 0 aliphatic rings. The zero-order valence-corrected chi connectivity index (χ0v) is 17.2. The summed E-state index contributed by atoms with van der Waals surface area (Å²) < 4.78 is 37.4. The lowest BCUT2D eigenvalue weighted by Crippen LogP contribution is -2.16. The highest BCUT2D eigenvalue weighted by molar-refractivity contribution is 7.92. The molecule has 0 amide bonds. The molecule has 0 aliphatic heterocycles. The first kappa shape index (κ1) is 20.7. The summed E-state index contributed by atoms with van der Waals surface area (Å²) in [7, 11) is -2.00. The van der Waals surface area contributed by atoms with Gasteiger partial charge in [-0.2, -0.15) is 0 Å². The molecule has 0 aromatic heterocycles. The minimum Gasteiger partial charge on any atom is -0.465 e. The molecule has 0 bridgehead atoms. The quantitative estimate of drug-likeness (QED) is 0.528. The van der Waals surface area contributed by atoms with Crippen LogP contribution in [0.4, 0.5) is 5.69 Å². The van der Waals surface area contributed by atoms with Gasteiger partial charge in [-0.1, -0.05) is 37.6 Å². The molecule has 0 fully saturated rings. The second-order valence-electron chi connectivity index (χ2n) is 6.55. The van der Waals surface area contributed by atoms with Gasteiger partial charge < -0.3 is 9.47 Å². The highest BCUT2D eigenvalue weighted by Crippen LogP contribution is 2.32. The van der Waals surface area contributed by atoms with E-state index >= 15 is 0 Å². The number of esters is 1.